The van der Waals surface area contributed by atoms with E-state index >= 15 is 0 Å². The molecule has 0 aromatic heterocycles. The van der Waals surface area contributed by atoms with Crippen LogP contribution in [0.15, 0.2) is 36.4 Å². The third-order valence-electron chi connectivity index (χ3n) is 5.51. The van der Waals surface area contributed by atoms with E-state index in [1.165, 1.54) is 12.1 Å². The van der Waals surface area contributed by atoms with Gasteiger partial charge in [0.25, 0.3) is 11.6 Å². The summed E-state index contributed by atoms with van der Waals surface area (Å²) < 4.78 is 13.6. The van der Waals surface area contributed by atoms with E-state index in [4.69, 9.17) is 0 Å². The SMILES string of the molecule is Cc1ccc(CNC(=O)C2CCN(C(=O)c3cccc(C)c3[N+](=O)[O-])CC2)cc1F. The molecule has 1 fully saturated rings. The van der Waals surface area contributed by atoms with E-state index in [1.54, 1.807) is 43.0 Å². The lowest BCUT2D eigenvalue weighted by atomic mass is 9.95. The maximum Gasteiger partial charge on any atom is 0.285 e. The summed E-state index contributed by atoms with van der Waals surface area (Å²) in [4.78, 5) is 37.7. The molecule has 0 radical (unpaired) electrons. The highest BCUT2D eigenvalue weighted by molar-refractivity contribution is 5.98. The second kappa shape index (κ2) is 9.02. The first-order valence-electron chi connectivity index (χ1n) is 9.84. The molecule has 1 heterocycles. The van der Waals surface area contributed by atoms with Crippen molar-refractivity contribution in [3.8, 4) is 0 Å². The predicted molar refractivity (Wildman–Crippen MR) is 109 cm³/mol. The monoisotopic (exact) mass is 413 g/mol. The average molecular weight is 413 g/mol. The highest BCUT2D eigenvalue weighted by Crippen LogP contribution is 2.26. The third-order valence-corrected chi connectivity index (χ3v) is 5.51. The van der Waals surface area contributed by atoms with Gasteiger partial charge in [0, 0.05) is 31.1 Å². The molecule has 158 valence electrons. The maximum absolute atomic E-state index is 13.6. The van der Waals surface area contributed by atoms with E-state index in [9.17, 15) is 24.1 Å². The number of hydrogen-bond donors (Lipinski definition) is 1. The van der Waals surface area contributed by atoms with Crippen molar-refractivity contribution in [2.24, 2.45) is 5.92 Å². The molecule has 2 amide bonds. The zero-order valence-electron chi connectivity index (χ0n) is 17.0. The van der Waals surface area contributed by atoms with Gasteiger partial charge < -0.3 is 10.2 Å². The largest absolute Gasteiger partial charge is 0.352 e. The number of aryl methyl sites for hydroxylation is 2. The summed E-state index contributed by atoms with van der Waals surface area (Å²) in [6, 6.07) is 9.55. The van der Waals surface area contributed by atoms with E-state index in [2.05, 4.69) is 5.32 Å². The van der Waals surface area contributed by atoms with Gasteiger partial charge in [0.1, 0.15) is 11.4 Å². The van der Waals surface area contributed by atoms with E-state index in [1.807, 2.05) is 0 Å². The van der Waals surface area contributed by atoms with Gasteiger partial charge in [-0.15, -0.1) is 0 Å². The van der Waals surface area contributed by atoms with Crippen LogP contribution in [-0.2, 0) is 11.3 Å². The highest BCUT2D eigenvalue weighted by atomic mass is 19.1. The third kappa shape index (κ3) is 4.64. The lowest BCUT2D eigenvalue weighted by Gasteiger charge is -2.31. The molecule has 0 bridgehead atoms. The number of hydrogen-bond acceptors (Lipinski definition) is 4. The normalized spacial score (nSPS) is 14.4. The molecule has 7 nitrogen and oxygen atoms in total. The number of benzene rings is 2. The summed E-state index contributed by atoms with van der Waals surface area (Å²) in [6.07, 6.45) is 0.943. The first-order chi connectivity index (χ1) is 14.3. The summed E-state index contributed by atoms with van der Waals surface area (Å²) in [5.41, 5.74) is 1.58. The Labute approximate surface area is 174 Å². The minimum absolute atomic E-state index is 0.0734. The van der Waals surface area contributed by atoms with Crippen LogP contribution in [0.1, 0.15) is 39.9 Å². The molecule has 0 spiro atoms. The zero-order valence-corrected chi connectivity index (χ0v) is 17.0. The summed E-state index contributed by atoms with van der Waals surface area (Å²) in [6.45, 7) is 4.22. The Hall–Kier alpha value is -3.29. The molecule has 0 atom stereocenters. The van der Waals surface area contributed by atoms with Crippen LogP contribution in [0.4, 0.5) is 10.1 Å². The van der Waals surface area contributed by atoms with Gasteiger partial charge in [-0.3, -0.25) is 19.7 Å². The number of nitrogens with zero attached hydrogens (tertiary/aromatic N) is 2. The number of carbonyl (C=O) groups is 2. The Balaban J connectivity index is 1.57. The summed E-state index contributed by atoms with van der Waals surface area (Å²) >= 11 is 0. The number of nitro benzene ring substituents is 1. The second-order valence-corrected chi connectivity index (χ2v) is 7.60. The van der Waals surface area contributed by atoms with Gasteiger partial charge in [-0.25, -0.2) is 4.39 Å². The van der Waals surface area contributed by atoms with Crippen LogP contribution in [-0.4, -0.2) is 34.7 Å². The molecule has 1 aliphatic heterocycles. The predicted octanol–water partition coefficient (Wildman–Crippen LogP) is 3.52. The Morgan fingerprint density at radius 3 is 2.50 bits per heavy atom. The molecule has 1 N–H and O–H groups in total. The molecule has 3 rings (SSSR count). The first-order valence-corrected chi connectivity index (χ1v) is 9.84. The number of carbonyl (C=O) groups excluding carboxylic acids is 2. The second-order valence-electron chi connectivity index (χ2n) is 7.60. The Morgan fingerprint density at radius 2 is 1.87 bits per heavy atom. The van der Waals surface area contributed by atoms with Crippen molar-refractivity contribution in [1.82, 2.24) is 10.2 Å². The van der Waals surface area contributed by atoms with Crippen LogP contribution in [0.5, 0.6) is 0 Å². The zero-order chi connectivity index (χ0) is 21.8. The van der Waals surface area contributed by atoms with Crippen LogP contribution >= 0.6 is 0 Å². The molecule has 1 aliphatic rings. The molecular weight excluding hydrogens is 389 g/mol. The number of nitrogens with one attached hydrogen (secondary N) is 1. The van der Waals surface area contributed by atoms with Gasteiger partial charge in [-0.2, -0.15) is 0 Å². The van der Waals surface area contributed by atoms with Crippen molar-refractivity contribution < 1.29 is 18.9 Å². The maximum atomic E-state index is 13.6. The molecule has 0 aliphatic carbocycles. The Bertz CT molecular complexity index is 984. The molecule has 2 aromatic carbocycles. The smallest absolute Gasteiger partial charge is 0.285 e. The van der Waals surface area contributed by atoms with E-state index in [0.29, 0.717) is 42.6 Å². The summed E-state index contributed by atoms with van der Waals surface area (Å²) in [5, 5.41) is 14.2. The van der Waals surface area contributed by atoms with Crippen LogP contribution in [0.25, 0.3) is 0 Å². The van der Waals surface area contributed by atoms with E-state index < -0.39 is 4.92 Å². The van der Waals surface area contributed by atoms with Crippen molar-refractivity contribution in [3.63, 3.8) is 0 Å². The van der Waals surface area contributed by atoms with E-state index in [0.717, 1.165) is 0 Å². The molecule has 30 heavy (non-hydrogen) atoms. The number of likely N-dealkylation sites (tertiary alicyclic amines) is 1. The minimum atomic E-state index is -0.531. The molecular formula is C22H24FN3O4. The van der Waals surface area contributed by atoms with Crippen LogP contribution in [0.2, 0.25) is 0 Å². The minimum Gasteiger partial charge on any atom is -0.352 e. The number of rotatable bonds is 5. The van der Waals surface area contributed by atoms with Crippen LogP contribution in [0.3, 0.4) is 0 Å². The van der Waals surface area contributed by atoms with Gasteiger partial charge in [0.05, 0.1) is 4.92 Å². The van der Waals surface area contributed by atoms with Crippen molar-refractivity contribution in [2.45, 2.75) is 33.2 Å². The molecule has 2 aromatic rings. The number of amides is 2. The van der Waals surface area contributed by atoms with Crippen LogP contribution in [0, 0.1) is 35.7 Å². The fourth-order valence-electron chi connectivity index (χ4n) is 3.67. The van der Waals surface area contributed by atoms with Gasteiger partial charge in [0.15, 0.2) is 0 Å². The number of piperidine rings is 1. The fourth-order valence-corrected chi connectivity index (χ4v) is 3.67. The fraction of sp³-hybridized carbons (Fsp3) is 0.364. The Morgan fingerprint density at radius 1 is 1.17 bits per heavy atom. The van der Waals surface area contributed by atoms with Crippen LogP contribution < -0.4 is 5.32 Å². The van der Waals surface area contributed by atoms with Crippen molar-refractivity contribution in [3.05, 3.63) is 74.6 Å². The van der Waals surface area contributed by atoms with Gasteiger partial charge in [-0.05, 0) is 49.9 Å². The molecule has 8 heteroatoms. The lowest BCUT2D eigenvalue weighted by molar-refractivity contribution is -0.385. The number of para-hydroxylation sites is 1. The van der Waals surface area contributed by atoms with E-state index in [-0.39, 0.29) is 41.3 Å². The van der Waals surface area contributed by atoms with Crippen molar-refractivity contribution >= 4 is 17.5 Å². The number of halogens is 1. The first kappa shape index (κ1) is 21.4. The number of nitro groups is 1. The molecule has 0 saturated carbocycles. The van der Waals surface area contributed by atoms with Crippen molar-refractivity contribution in [2.75, 3.05) is 13.1 Å². The van der Waals surface area contributed by atoms with Gasteiger partial charge in [-0.1, -0.05) is 24.3 Å². The molecule has 1 saturated heterocycles. The highest BCUT2D eigenvalue weighted by Gasteiger charge is 2.31. The summed E-state index contributed by atoms with van der Waals surface area (Å²) in [5.74, 6) is -1.08. The summed E-state index contributed by atoms with van der Waals surface area (Å²) in [7, 11) is 0. The lowest BCUT2D eigenvalue weighted by Crippen LogP contribution is -2.43. The van der Waals surface area contributed by atoms with Gasteiger partial charge in [0.2, 0.25) is 5.91 Å². The average Bonchev–Trinajstić information content (AvgIpc) is 2.73. The van der Waals surface area contributed by atoms with Gasteiger partial charge >= 0.3 is 0 Å². The quantitative estimate of drug-likeness (QED) is 0.600. The van der Waals surface area contributed by atoms with Crippen molar-refractivity contribution in [1.29, 1.82) is 0 Å². The Kier molecular flexibility index (Phi) is 6.44. The topological polar surface area (TPSA) is 92.6 Å². The molecule has 0 unspecified atom stereocenters. The standard InChI is InChI=1S/C22H24FN3O4/c1-14-6-7-16(12-19(14)23)13-24-21(27)17-8-10-25(11-9-17)22(28)18-5-3-4-15(2)20(18)26(29)30/h3-7,12,17H,8-11,13H2,1-2H3,(H,24,27).